The number of hydrogen-bond donors (Lipinski definition) is 1. The third-order valence-corrected chi connectivity index (χ3v) is 4.49. The van der Waals surface area contributed by atoms with Crippen molar-refractivity contribution in [1.82, 2.24) is 4.90 Å². The van der Waals surface area contributed by atoms with Crippen LogP contribution in [0.2, 0.25) is 0 Å². The molecule has 0 heterocycles. The van der Waals surface area contributed by atoms with Gasteiger partial charge in [-0.15, -0.1) is 0 Å². The fourth-order valence-electron chi connectivity index (χ4n) is 1.91. The Hall–Kier alpha value is 0.400. The van der Waals surface area contributed by atoms with E-state index in [1.54, 1.807) is 0 Å². The van der Waals surface area contributed by atoms with Crippen molar-refractivity contribution >= 4 is 15.9 Å². The van der Waals surface area contributed by atoms with E-state index >= 15 is 0 Å². The SMILES string of the molecule is CCCN(CCO)CC(CC)(CC)CBr. The molecule has 0 unspecified atom stereocenters. The number of alkyl halides is 1. The normalized spacial score (nSPS) is 12.4. The molecule has 0 radical (unpaired) electrons. The van der Waals surface area contributed by atoms with Crippen LogP contribution in [0.25, 0.3) is 0 Å². The molecule has 3 heteroatoms. The fraction of sp³-hybridized carbons (Fsp3) is 1.00. The molecule has 0 aromatic rings. The van der Waals surface area contributed by atoms with Gasteiger partial charge in [0.1, 0.15) is 0 Å². The molecular formula is C12H26BrNO. The zero-order valence-corrected chi connectivity index (χ0v) is 12.0. The fourth-order valence-corrected chi connectivity index (χ4v) is 2.88. The molecule has 0 rings (SSSR count). The van der Waals surface area contributed by atoms with Gasteiger partial charge < -0.3 is 10.0 Å². The van der Waals surface area contributed by atoms with Crippen LogP contribution < -0.4 is 0 Å². The zero-order chi connectivity index (χ0) is 11.7. The molecule has 0 aromatic heterocycles. The van der Waals surface area contributed by atoms with Gasteiger partial charge >= 0.3 is 0 Å². The van der Waals surface area contributed by atoms with Gasteiger partial charge in [-0.3, -0.25) is 0 Å². The van der Waals surface area contributed by atoms with Crippen LogP contribution in [0.4, 0.5) is 0 Å². The molecule has 0 spiro atoms. The summed E-state index contributed by atoms with van der Waals surface area (Å²) in [5.41, 5.74) is 0.379. The molecule has 0 aliphatic carbocycles. The van der Waals surface area contributed by atoms with Crippen molar-refractivity contribution in [3.05, 3.63) is 0 Å². The highest BCUT2D eigenvalue weighted by molar-refractivity contribution is 9.09. The Kier molecular flexibility index (Phi) is 8.77. The lowest BCUT2D eigenvalue weighted by atomic mass is 9.84. The first-order valence-electron chi connectivity index (χ1n) is 6.07. The van der Waals surface area contributed by atoms with E-state index in [-0.39, 0.29) is 6.61 Å². The average Bonchev–Trinajstić information content (AvgIpc) is 2.27. The first-order chi connectivity index (χ1) is 7.17. The largest absolute Gasteiger partial charge is 0.395 e. The summed E-state index contributed by atoms with van der Waals surface area (Å²) in [7, 11) is 0. The van der Waals surface area contributed by atoms with Gasteiger partial charge in [0.2, 0.25) is 0 Å². The lowest BCUT2D eigenvalue weighted by Crippen LogP contribution is -2.40. The highest BCUT2D eigenvalue weighted by atomic mass is 79.9. The monoisotopic (exact) mass is 279 g/mol. The van der Waals surface area contributed by atoms with Gasteiger partial charge in [-0.1, -0.05) is 36.7 Å². The third-order valence-electron chi connectivity index (χ3n) is 3.30. The van der Waals surface area contributed by atoms with Gasteiger partial charge in [-0.25, -0.2) is 0 Å². The third kappa shape index (κ3) is 5.32. The second-order valence-electron chi connectivity index (χ2n) is 4.34. The molecule has 1 N–H and O–H groups in total. The Morgan fingerprint density at radius 1 is 1.13 bits per heavy atom. The highest BCUT2D eigenvalue weighted by Gasteiger charge is 2.27. The van der Waals surface area contributed by atoms with Crippen molar-refractivity contribution in [2.75, 3.05) is 31.6 Å². The summed E-state index contributed by atoms with van der Waals surface area (Å²) in [5.74, 6) is 0. The second-order valence-corrected chi connectivity index (χ2v) is 4.90. The maximum atomic E-state index is 9.02. The summed E-state index contributed by atoms with van der Waals surface area (Å²) in [4.78, 5) is 2.38. The number of halogens is 1. The molecule has 0 bridgehead atoms. The molecule has 15 heavy (non-hydrogen) atoms. The first-order valence-corrected chi connectivity index (χ1v) is 7.19. The van der Waals surface area contributed by atoms with Crippen LogP contribution in [0, 0.1) is 5.41 Å². The van der Waals surface area contributed by atoms with Crippen LogP contribution in [0.1, 0.15) is 40.0 Å². The van der Waals surface area contributed by atoms with Crippen molar-refractivity contribution < 1.29 is 5.11 Å². The lowest BCUT2D eigenvalue weighted by molar-refractivity contribution is 0.131. The van der Waals surface area contributed by atoms with E-state index in [1.807, 2.05) is 0 Å². The number of aliphatic hydroxyl groups excluding tert-OH is 1. The first kappa shape index (κ1) is 15.4. The Bertz CT molecular complexity index is 134. The van der Waals surface area contributed by atoms with E-state index in [1.165, 1.54) is 12.8 Å². The van der Waals surface area contributed by atoms with E-state index in [0.29, 0.717) is 5.41 Å². The summed E-state index contributed by atoms with van der Waals surface area (Å²) >= 11 is 3.63. The van der Waals surface area contributed by atoms with E-state index in [0.717, 1.165) is 31.4 Å². The molecule has 92 valence electrons. The van der Waals surface area contributed by atoms with Crippen LogP contribution in [-0.4, -0.2) is 41.6 Å². The molecule has 2 nitrogen and oxygen atoms in total. The quantitative estimate of drug-likeness (QED) is 0.656. The van der Waals surface area contributed by atoms with Gasteiger partial charge in [0.15, 0.2) is 0 Å². The zero-order valence-electron chi connectivity index (χ0n) is 10.4. The van der Waals surface area contributed by atoms with Crippen molar-refractivity contribution in [2.45, 2.75) is 40.0 Å². The van der Waals surface area contributed by atoms with Crippen molar-refractivity contribution in [3.63, 3.8) is 0 Å². The topological polar surface area (TPSA) is 23.5 Å². The minimum Gasteiger partial charge on any atom is -0.395 e. The number of aliphatic hydroxyl groups is 1. The van der Waals surface area contributed by atoms with Crippen molar-refractivity contribution in [2.24, 2.45) is 5.41 Å². The van der Waals surface area contributed by atoms with Crippen LogP contribution in [-0.2, 0) is 0 Å². The van der Waals surface area contributed by atoms with Gasteiger partial charge in [0.05, 0.1) is 6.61 Å². The molecule has 0 atom stereocenters. The molecule has 0 fully saturated rings. The molecule has 0 aliphatic heterocycles. The number of nitrogens with zero attached hydrogens (tertiary/aromatic N) is 1. The van der Waals surface area contributed by atoms with Crippen molar-refractivity contribution in [3.8, 4) is 0 Å². The molecule has 0 saturated heterocycles. The minimum absolute atomic E-state index is 0.270. The van der Waals surface area contributed by atoms with Crippen LogP contribution in [0.15, 0.2) is 0 Å². The molecule has 0 aromatic carbocycles. The van der Waals surface area contributed by atoms with Gasteiger partial charge in [0.25, 0.3) is 0 Å². The summed E-state index contributed by atoms with van der Waals surface area (Å²) < 4.78 is 0. The van der Waals surface area contributed by atoms with Crippen LogP contribution in [0.5, 0.6) is 0 Å². The summed E-state index contributed by atoms with van der Waals surface area (Å²) in [6.07, 6.45) is 3.55. The average molecular weight is 280 g/mol. The van der Waals surface area contributed by atoms with E-state index in [2.05, 4.69) is 41.6 Å². The summed E-state index contributed by atoms with van der Waals surface area (Å²) in [6.45, 7) is 9.98. The summed E-state index contributed by atoms with van der Waals surface area (Å²) in [5, 5.41) is 10.1. The Morgan fingerprint density at radius 2 is 1.73 bits per heavy atom. The van der Waals surface area contributed by atoms with Crippen LogP contribution >= 0.6 is 15.9 Å². The van der Waals surface area contributed by atoms with Gasteiger partial charge in [-0.05, 0) is 31.2 Å². The smallest absolute Gasteiger partial charge is 0.0558 e. The van der Waals surface area contributed by atoms with E-state index in [4.69, 9.17) is 5.11 Å². The Morgan fingerprint density at radius 3 is 2.07 bits per heavy atom. The minimum atomic E-state index is 0.270. The van der Waals surface area contributed by atoms with Crippen LogP contribution in [0.3, 0.4) is 0 Å². The van der Waals surface area contributed by atoms with E-state index in [9.17, 15) is 0 Å². The summed E-state index contributed by atoms with van der Waals surface area (Å²) in [6, 6.07) is 0. The molecule has 0 aliphatic rings. The van der Waals surface area contributed by atoms with Gasteiger partial charge in [-0.2, -0.15) is 0 Å². The predicted molar refractivity (Wildman–Crippen MR) is 70.6 cm³/mol. The molecular weight excluding hydrogens is 254 g/mol. The number of rotatable bonds is 9. The number of hydrogen-bond acceptors (Lipinski definition) is 2. The lowest BCUT2D eigenvalue weighted by Gasteiger charge is -2.35. The highest BCUT2D eigenvalue weighted by Crippen LogP contribution is 2.29. The second kappa shape index (κ2) is 8.54. The standard InChI is InChI=1S/C12H26BrNO/c1-4-7-14(8-9-15)11-12(5-2,6-3)10-13/h15H,4-11H2,1-3H3. The maximum absolute atomic E-state index is 9.02. The Labute approximate surface area is 103 Å². The Balaban J connectivity index is 4.30. The maximum Gasteiger partial charge on any atom is 0.0558 e. The van der Waals surface area contributed by atoms with E-state index < -0.39 is 0 Å². The van der Waals surface area contributed by atoms with Gasteiger partial charge in [0, 0.05) is 18.4 Å². The molecule has 0 amide bonds. The molecule has 0 saturated carbocycles. The van der Waals surface area contributed by atoms with Crippen molar-refractivity contribution in [1.29, 1.82) is 0 Å². The predicted octanol–water partition coefficient (Wildman–Crippen LogP) is 2.89.